The van der Waals surface area contributed by atoms with Crippen LogP contribution in [-0.2, 0) is 5.41 Å². The summed E-state index contributed by atoms with van der Waals surface area (Å²) < 4.78 is 7.45. The van der Waals surface area contributed by atoms with Crippen LogP contribution in [0.2, 0.25) is 0 Å². The molecular weight excluding hydrogens is 342 g/mol. The summed E-state index contributed by atoms with van der Waals surface area (Å²) >= 11 is 0. The standard InChI is InChI=1S/C20H27N5O2/c1-27-18-7-3-2-6-17(18)20(9-4-5-10-20)13-22-19(26)24-11-8-16(12-24)25-15-21-14-23-25/h2-3,6-7,14-16H,4-5,8-13H2,1H3,(H,22,26). The third-order valence-electron chi connectivity index (χ3n) is 6.08. The molecule has 1 atom stereocenters. The molecule has 1 unspecified atom stereocenters. The van der Waals surface area contributed by atoms with Gasteiger partial charge in [0.1, 0.15) is 18.4 Å². The highest BCUT2D eigenvalue weighted by Gasteiger charge is 2.38. The number of nitrogens with one attached hydrogen (secondary N) is 1. The molecule has 2 amide bonds. The van der Waals surface area contributed by atoms with Crippen LogP contribution in [-0.4, -0.2) is 52.4 Å². The molecule has 1 saturated heterocycles. The Morgan fingerprint density at radius 1 is 1.33 bits per heavy atom. The Labute approximate surface area is 159 Å². The SMILES string of the molecule is COc1ccccc1C1(CNC(=O)N2CCC(n3cncn3)C2)CCCC1. The van der Waals surface area contributed by atoms with Gasteiger partial charge in [-0.2, -0.15) is 5.10 Å². The summed E-state index contributed by atoms with van der Waals surface area (Å²) in [5.41, 5.74) is 1.18. The van der Waals surface area contributed by atoms with Gasteiger partial charge in [-0.1, -0.05) is 31.0 Å². The first-order chi connectivity index (χ1) is 13.2. The van der Waals surface area contributed by atoms with E-state index in [1.54, 1.807) is 19.8 Å². The second-order valence-corrected chi connectivity index (χ2v) is 7.61. The molecule has 0 spiro atoms. The lowest BCUT2D eigenvalue weighted by molar-refractivity contribution is 0.203. The van der Waals surface area contributed by atoms with Gasteiger partial charge in [0.15, 0.2) is 0 Å². The fraction of sp³-hybridized carbons (Fsp3) is 0.550. The Kier molecular flexibility index (Phi) is 5.01. The minimum Gasteiger partial charge on any atom is -0.496 e. The van der Waals surface area contributed by atoms with E-state index in [1.807, 2.05) is 21.7 Å². The van der Waals surface area contributed by atoms with Crippen molar-refractivity contribution in [1.82, 2.24) is 25.0 Å². The Balaban J connectivity index is 1.42. The summed E-state index contributed by atoms with van der Waals surface area (Å²) in [6, 6.07) is 8.45. The molecule has 7 heteroatoms. The summed E-state index contributed by atoms with van der Waals surface area (Å²) in [4.78, 5) is 18.7. The molecule has 1 aromatic carbocycles. The summed E-state index contributed by atoms with van der Waals surface area (Å²) in [6.07, 6.45) is 8.71. The van der Waals surface area contributed by atoms with Crippen molar-refractivity contribution < 1.29 is 9.53 Å². The molecule has 2 heterocycles. The van der Waals surface area contributed by atoms with E-state index in [-0.39, 0.29) is 17.5 Å². The molecule has 2 fully saturated rings. The number of urea groups is 1. The molecule has 1 aliphatic carbocycles. The first kappa shape index (κ1) is 17.8. The zero-order valence-electron chi connectivity index (χ0n) is 15.8. The van der Waals surface area contributed by atoms with Gasteiger partial charge in [0.2, 0.25) is 0 Å². The minimum atomic E-state index is -0.0344. The number of para-hydroxylation sites is 1. The maximum absolute atomic E-state index is 12.8. The van der Waals surface area contributed by atoms with Crippen molar-refractivity contribution in [3.05, 3.63) is 42.5 Å². The molecule has 27 heavy (non-hydrogen) atoms. The van der Waals surface area contributed by atoms with Crippen LogP contribution in [0.1, 0.15) is 43.7 Å². The van der Waals surface area contributed by atoms with Crippen molar-refractivity contribution in [3.8, 4) is 5.75 Å². The molecule has 1 aliphatic heterocycles. The van der Waals surface area contributed by atoms with Gasteiger partial charge in [0.05, 0.1) is 13.2 Å². The quantitative estimate of drug-likeness (QED) is 0.880. The number of aromatic nitrogens is 3. The van der Waals surface area contributed by atoms with Crippen molar-refractivity contribution >= 4 is 6.03 Å². The molecule has 1 saturated carbocycles. The molecule has 7 nitrogen and oxygen atoms in total. The zero-order chi connectivity index (χ0) is 18.7. The number of benzene rings is 1. The number of hydrogen-bond donors (Lipinski definition) is 1. The van der Waals surface area contributed by atoms with Crippen LogP contribution < -0.4 is 10.1 Å². The van der Waals surface area contributed by atoms with Crippen LogP contribution in [0, 0.1) is 0 Å². The van der Waals surface area contributed by atoms with Crippen LogP contribution in [0.15, 0.2) is 36.9 Å². The maximum Gasteiger partial charge on any atom is 0.317 e. The second-order valence-electron chi connectivity index (χ2n) is 7.61. The lowest BCUT2D eigenvalue weighted by Crippen LogP contribution is -2.45. The van der Waals surface area contributed by atoms with Crippen molar-refractivity contribution in [2.24, 2.45) is 0 Å². The molecule has 0 bridgehead atoms. The fourth-order valence-electron chi connectivity index (χ4n) is 4.58. The minimum absolute atomic E-state index is 0.0128. The molecule has 1 aromatic heterocycles. The molecular formula is C20H27N5O2. The zero-order valence-corrected chi connectivity index (χ0v) is 15.8. The largest absolute Gasteiger partial charge is 0.496 e. The number of amides is 2. The average molecular weight is 369 g/mol. The highest BCUT2D eigenvalue weighted by molar-refractivity contribution is 5.74. The van der Waals surface area contributed by atoms with E-state index < -0.39 is 0 Å². The maximum atomic E-state index is 12.8. The Bertz CT molecular complexity index is 770. The number of nitrogens with zero attached hydrogens (tertiary/aromatic N) is 4. The molecule has 4 rings (SSSR count). The van der Waals surface area contributed by atoms with Gasteiger partial charge in [-0.3, -0.25) is 0 Å². The number of hydrogen-bond acceptors (Lipinski definition) is 4. The number of likely N-dealkylation sites (tertiary alicyclic amines) is 1. The molecule has 1 N–H and O–H groups in total. The smallest absolute Gasteiger partial charge is 0.317 e. The van der Waals surface area contributed by atoms with E-state index in [0.717, 1.165) is 31.6 Å². The number of rotatable bonds is 5. The van der Waals surface area contributed by atoms with Gasteiger partial charge >= 0.3 is 6.03 Å². The van der Waals surface area contributed by atoms with Gasteiger partial charge in [-0.15, -0.1) is 0 Å². The van der Waals surface area contributed by atoms with Crippen LogP contribution in [0.5, 0.6) is 5.75 Å². The van der Waals surface area contributed by atoms with Crippen molar-refractivity contribution in [1.29, 1.82) is 0 Å². The van der Waals surface area contributed by atoms with Gasteiger partial charge in [0, 0.05) is 30.6 Å². The van der Waals surface area contributed by atoms with Crippen LogP contribution in [0.4, 0.5) is 4.79 Å². The second kappa shape index (κ2) is 7.58. The van der Waals surface area contributed by atoms with Gasteiger partial charge in [-0.25, -0.2) is 14.5 Å². The van der Waals surface area contributed by atoms with Crippen LogP contribution in [0.25, 0.3) is 0 Å². The van der Waals surface area contributed by atoms with Crippen LogP contribution in [0.3, 0.4) is 0 Å². The monoisotopic (exact) mass is 369 g/mol. The van der Waals surface area contributed by atoms with Gasteiger partial charge in [-0.05, 0) is 25.3 Å². The third-order valence-corrected chi connectivity index (χ3v) is 6.08. The third kappa shape index (κ3) is 3.50. The van der Waals surface area contributed by atoms with Crippen molar-refractivity contribution in [2.75, 3.05) is 26.7 Å². The predicted molar refractivity (Wildman–Crippen MR) is 102 cm³/mol. The van der Waals surface area contributed by atoms with E-state index >= 15 is 0 Å². The number of ether oxygens (including phenoxy) is 1. The van der Waals surface area contributed by atoms with E-state index in [0.29, 0.717) is 13.1 Å². The van der Waals surface area contributed by atoms with Crippen LogP contribution >= 0.6 is 0 Å². The highest BCUT2D eigenvalue weighted by atomic mass is 16.5. The van der Waals surface area contributed by atoms with E-state index in [9.17, 15) is 4.79 Å². The Hall–Kier alpha value is -2.57. The fourth-order valence-corrected chi connectivity index (χ4v) is 4.58. The molecule has 2 aromatic rings. The molecule has 144 valence electrons. The van der Waals surface area contributed by atoms with E-state index in [2.05, 4.69) is 27.5 Å². The number of carbonyl (C=O) groups excluding carboxylic acids is 1. The topological polar surface area (TPSA) is 72.3 Å². The van der Waals surface area contributed by atoms with Crippen molar-refractivity contribution in [3.63, 3.8) is 0 Å². The molecule has 2 aliphatic rings. The number of carbonyl (C=O) groups is 1. The first-order valence-electron chi connectivity index (χ1n) is 9.72. The Morgan fingerprint density at radius 3 is 2.89 bits per heavy atom. The summed E-state index contributed by atoms with van der Waals surface area (Å²) in [6.45, 7) is 2.07. The normalized spacial score (nSPS) is 21.4. The lowest BCUT2D eigenvalue weighted by Gasteiger charge is -2.32. The molecule has 0 radical (unpaired) electrons. The van der Waals surface area contributed by atoms with E-state index in [4.69, 9.17) is 4.74 Å². The summed E-state index contributed by atoms with van der Waals surface area (Å²) in [7, 11) is 1.72. The average Bonchev–Trinajstić information content (AvgIpc) is 3.47. The summed E-state index contributed by atoms with van der Waals surface area (Å²) in [5, 5.41) is 7.41. The van der Waals surface area contributed by atoms with Gasteiger partial charge in [0.25, 0.3) is 0 Å². The van der Waals surface area contributed by atoms with Crippen molar-refractivity contribution in [2.45, 2.75) is 43.6 Å². The first-order valence-corrected chi connectivity index (χ1v) is 9.72. The highest BCUT2D eigenvalue weighted by Crippen LogP contribution is 2.44. The lowest BCUT2D eigenvalue weighted by atomic mass is 9.78. The van der Waals surface area contributed by atoms with E-state index in [1.165, 1.54) is 18.4 Å². The van der Waals surface area contributed by atoms with Gasteiger partial charge < -0.3 is 15.0 Å². The summed E-state index contributed by atoms with van der Waals surface area (Å²) in [5.74, 6) is 0.918. The number of methoxy groups -OCH3 is 1. The predicted octanol–water partition coefficient (Wildman–Crippen LogP) is 2.76. The Morgan fingerprint density at radius 2 is 2.15 bits per heavy atom.